The van der Waals surface area contributed by atoms with Crippen LogP contribution in [0, 0.1) is 11.8 Å². The fourth-order valence-electron chi connectivity index (χ4n) is 1.45. The van der Waals surface area contributed by atoms with Crippen molar-refractivity contribution in [1.82, 2.24) is 5.32 Å². The fourth-order valence-corrected chi connectivity index (χ4v) is 1.62. The van der Waals surface area contributed by atoms with Crippen LogP contribution >= 0.6 is 11.6 Å². The molecule has 0 saturated heterocycles. The number of carboxylic acid groups (broad SMARTS) is 1. The van der Waals surface area contributed by atoms with Gasteiger partial charge in [-0.25, -0.2) is 9.59 Å². The van der Waals surface area contributed by atoms with Gasteiger partial charge >= 0.3 is 12.1 Å². The lowest BCUT2D eigenvalue weighted by molar-refractivity contribution is 0.0528. The van der Waals surface area contributed by atoms with E-state index in [9.17, 15) is 9.59 Å². The van der Waals surface area contributed by atoms with Crippen molar-refractivity contribution >= 4 is 23.7 Å². The standard InChI is InChI=1S/C16H18ClNO4/c1-16(2,3)22-15(21)18-9-5-4-6-11-10-12(14(19)20)7-8-13(11)17/h7-8,10H,5,9H2,1-3H3,(H,18,21)(H,19,20). The number of aromatic carboxylic acids is 1. The largest absolute Gasteiger partial charge is 0.478 e. The molecule has 2 N–H and O–H groups in total. The summed E-state index contributed by atoms with van der Waals surface area (Å²) in [5.41, 5.74) is 0.0278. The Morgan fingerprint density at radius 3 is 2.64 bits per heavy atom. The molecule has 0 saturated carbocycles. The van der Waals surface area contributed by atoms with Gasteiger partial charge in [0.1, 0.15) is 5.60 Å². The third-order valence-corrected chi connectivity index (χ3v) is 2.68. The third kappa shape index (κ3) is 6.51. The predicted octanol–water partition coefficient (Wildman–Crippen LogP) is 3.30. The maximum Gasteiger partial charge on any atom is 0.407 e. The summed E-state index contributed by atoms with van der Waals surface area (Å²) < 4.78 is 5.08. The molecule has 0 bridgehead atoms. The minimum Gasteiger partial charge on any atom is -0.478 e. The van der Waals surface area contributed by atoms with E-state index in [0.29, 0.717) is 23.6 Å². The van der Waals surface area contributed by atoms with Gasteiger partial charge in [0, 0.05) is 18.5 Å². The van der Waals surface area contributed by atoms with E-state index in [4.69, 9.17) is 21.4 Å². The second kappa shape index (κ2) is 7.71. The number of hydrogen-bond donors (Lipinski definition) is 2. The summed E-state index contributed by atoms with van der Waals surface area (Å²) in [5, 5.41) is 11.9. The lowest BCUT2D eigenvalue weighted by atomic mass is 10.1. The van der Waals surface area contributed by atoms with Gasteiger partial charge in [0.15, 0.2) is 0 Å². The van der Waals surface area contributed by atoms with Crippen LogP contribution in [0.4, 0.5) is 4.79 Å². The van der Waals surface area contributed by atoms with Crippen molar-refractivity contribution in [3.63, 3.8) is 0 Å². The second-order valence-corrected chi connectivity index (χ2v) is 5.89. The molecule has 5 nitrogen and oxygen atoms in total. The van der Waals surface area contributed by atoms with Crippen LogP contribution < -0.4 is 5.32 Å². The summed E-state index contributed by atoms with van der Waals surface area (Å²) in [6.07, 6.45) is -0.104. The normalized spacial score (nSPS) is 10.4. The number of benzene rings is 1. The molecule has 0 aliphatic carbocycles. The summed E-state index contributed by atoms with van der Waals surface area (Å²) in [4.78, 5) is 22.3. The molecule has 0 spiro atoms. The second-order valence-electron chi connectivity index (χ2n) is 5.48. The number of amides is 1. The zero-order valence-corrected chi connectivity index (χ0v) is 13.5. The van der Waals surface area contributed by atoms with Gasteiger partial charge in [0.2, 0.25) is 0 Å². The molecule has 1 aromatic carbocycles. The molecule has 0 aliphatic rings. The Morgan fingerprint density at radius 1 is 1.36 bits per heavy atom. The maximum atomic E-state index is 11.4. The summed E-state index contributed by atoms with van der Waals surface area (Å²) >= 11 is 5.95. The lowest BCUT2D eigenvalue weighted by Gasteiger charge is -2.19. The Morgan fingerprint density at radius 2 is 2.05 bits per heavy atom. The topological polar surface area (TPSA) is 75.6 Å². The van der Waals surface area contributed by atoms with Crippen LogP contribution in [-0.2, 0) is 4.74 Å². The Bertz CT molecular complexity index is 623. The van der Waals surface area contributed by atoms with Gasteiger partial charge in [-0.1, -0.05) is 23.4 Å². The summed E-state index contributed by atoms with van der Waals surface area (Å²) in [7, 11) is 0. The van der Waals surface area contributed by atoms with Crippen molar-refractivity contribution in [2.24, 2.45) is 0 Å². The molecule has 1 aromatic rings. The van der Waals surface area contributed by atoms with Gasteiger partial charge in [0.25, 0.3) is 0 Å². The van der Waals surface area contributed by atoms with E-state index in [-0.39, 0.29) is 5.56 Å². The van der Waals surface area contributed by atoms with E-state index in [2.05, 4.69) is 17.2 Å². The van der Waals surface area contributed by atoms with Crippen LogP contribution in [0.5, 0.6) is 0 Å². The highest BCUT2D eigenvalue weighted by Gasteiger charge is 2.15. The highest BCUT2D eigenvalue weighted by atomic mass is 35.5. The molecule has 22 heavy (non-hydrogen) atoms. The first-order chi connectivity index (χ1) is 10.2. The zero-order chi connectivity index (χ0) is 16.8. The molecule has 0 heterocycles. The lowest BCUT2D eigenvalue weighted by Crippen LogP contribution is -2.32. The van der Waals surface area contributed by atoms with Gasteiger partial charge in [-0.15, -0.1) is 0 Å². The van der Waals surface area contributed by atoms with Gasteiger partial charge in [-0.3, -0.25) is 0 Å². The number of hydrogen-bond acceptors (Lipinski definition) is 3. The highest BCUT2D eigenvalue weighted by molar-refractivity contribution is 6.31. The number of rotatable bonds is 3. The quantitative estimate of drug-likeness (QED) is 0.661. The molecule has 0 fully saturated rings. The van der Waals surface area contributed by atoms with Crippen LogP contribution in [0.1, 0.15) is 43.1 Å². The number of alkyl carbamates (subject to hydrolysis) is 1. The van der Waals surface area contributed by atoms with E-state index in [1.54, 1.807) is 20.8 Å². The molecule has 6 heteroatoms. The average molecular weight is 324 g/mol. The van der Waals surface area contributed by atoms with Gasteiger partial charge in [-0.05, 0) is 39.0 Å². The van der Waals surface area contributed by atoms with Crippen LogP contribution in [0.25, 0.3) is 0 Å². The van der Waals surface area contributed by atoms with Crippen molar-refractivity contribution in [1.29, 1.82) is 0 Å². The number of halogens is 1. The number of carboxylic acids is 1. The van der Waals surface area contributed by atoms with Crippen LogP contribution in [0.2, 0.25) is 5.02 Å². The van der Waals surface area contributed by atoms with E-state index >= 15 is 0 Å². The summed E-state index contributed by atoms with van der Waals surface area (Å²) in [5.74, 6) is 4.59. The van der Waals surface area contributed by atoms with Gasteiger partial charge < -0.3 is 15.2 Å². The van der Waals surface area contributed by atoms with Gasteiger partial charge in [0.05, 0.1) is 10.6 Å². The molecule has 118 valence electrons. The summed E-state index contributed by atoms with van der Waals surface area (Å²) in [6, 6.07) is 4.33. The Labute approximate surface area is 134 Å². The first-order valence-corrected chi connectivity index (χ1v) is 7.05. The molecule has 0 atom stereocenters. The number of carbonyl (C=O) groups is 2. The Kier molecular flexibility index (Phi) is 6.26. The van der Waals surface area contributed by atoms with E-state index < -0.39 is 17.7 Å². The van der Waals surface area contributed by atoms with Crippen molar-refractivity contribution in [2.75, 3.05) is 6.54 Å². The molecule has 0 radical (unpaired) electrons. The molecular formula is C16H18ClNO4. The minimum absolute atomic E-state index is 0.126. The SMILES string of the molecule is CC(C)(C)OC(=O)NCCC#Cc1cc(C(=O)O)ccc1Cl. The van der Waals surface area contributed by atoms with Crippen molar-refractivity contribution < 1.29 is 19.4 Å². The first-order valence-electron chi connectivity index (χ1n) is 6.67. The number of ether oxygens (including phenoxy) is 1. The van der Waals surface area contributed by atoms with E-state index in [1.165, 1.54) is 18.2 Å². The molecule has 0 unspecified atom stereocenters. The molecule has 1 amide bonds. The third-order valence-electron chi connectivity index (χ3n) is 2.35. The minimum atomic E-state index is -1.04. The molecule has 0 aliphatic heterocycles. The van der Waals surface area contributed by atoms with E-state index in [1.807, 2.05) is 0 Å². The van der Waals surface area contributed by atoms with Crippen LogP contribution in [0.3, 0.4) is 0 Å². The Hall–Kier alpha value is -2.19. The zero-order valence-electron chi connectivity index (χ0n) is 12.7. The first kappa shape index (κ1) is 17.9. The monoisotopic (exact) mass is 323 g/mol. The van der Waals surface area contributed by atoms with E-state index in [0.717, 1.165) is 0 Å². The van der Waals surface area contributed by atoms with Crippen molar-refractivity contribution in [2.45, 2.75) is 32.8 Å². The maximum absolute atomic E-state index is 11.4. The van der Waals surface area contributed by atoms with Crippen LogP contribution in [-0.4, -0.2) is 29.3 Å². The van der Waals surface area contributed by atoms with Gasteiger partial charge in [-0.2, -0.15) is 0 Å². The number of carbonyl (C=O) groups excluding carboxylic acids is 1. The summed E-state index contributed by atoms with van der Waals surface area (Å²) in [6.45, 7) is 5.68. The smallest absolute Gasteiger partial charge is 0.407 e. The molecule has 1 rings (SSSR count). The Balaban J connectivity index is 2.53. The molecular weight excluding hydrogens is 306 g/mol. The fraction of sp³-hybridized carbons (Fsp3) is 0.375. The average Bonchev–Trinajstić information content (AvgIpc) is 2.37. The molecule has 0 aromatic heterocycles. The highest BCUT2D eigenvalue weighted by Crippen LogP contribution is 2.16. The van der Waals surface area contributed by atoms with Crippen LogP contribution in [0.15, 0.2) is 18.2 Å². The predicted molar refractivity (Wildman–Crippen MR) is 84.1 cm³/mol. The van der Waals surface area contributed by atoms with Crippen molar-refractivity contribution in [3.8, 4) is 11.8 Å². The van der Waals surface area contributed by atoms with Crippen molar-refractivity contribution in [3.05, 3.63) is 34.3 Å². The number of nitrogens with one attached hydrogen (secondary N) is 1.